The fourth-order valence-corrected chi connectivity index (χ4v) is 3.94. The number of hydrogen-bond acceptors (Lipinski definition) is 6. The van der Waals surface area contributed by atoms with Gasteiger partial charge in [-0.05, 0) is 31.4 Å². The number of carbonyl (C=O) groups is 2. The van der Waals surface area contributed by atoms with Gasteiger partial charge in [0, 0.05) is 17.4 Å². The van der Waals surface area contributed by atoms with Gasteiger partial charge in [-0.2, -0.15) is 0 Å². The van der Waals surface area contributed by atoms with Gasteiger partial charge in [0.15, 0.2) is 5.60 Å². The maximum Gasteiger partial charge on any atom is 0.310 e. The Morgan fingerprint density at radius 2 is 2.12 bits per heavy atom. The Balaban J connectivity index is 1.63. The van der Waals surface area contributed by atoms with Crippen LogP contribution in [0.15, 0.2) is 35.7 Å². The van der Waals surface area contributed by atoms with Crippen molar-refractivity contribution < 1.29 is 14.3 Å². The highest BCUT2D eigenvalue weighted by Gasteiger charge is 2.46. The third-order valence-corrected chi connectivity index (χ3v) is 5.17. The van der Waals surface area contributed by atoms with Crippen LogP contribution in [-0.4, -0.2) is 16.9 Å². The fourth-order valence-electron chi connectivity index (χ4n) is 3.15. The molecular weight excluding hydrogens is 350 g/mol. The van der Waals surface area contributed by atoms with Crippen LogP contribution >= 0.6 is 11.3 Å². The first-order valence-electron chi connectivity index (χ1n) is 8.67. The molecule has 0 bridgehead atoms. The van der Waals surface area contributed by atoms with E-state index < -0.39 is 5.60 Å². The summed E-state index contributed by atoms with van der Waals surface area (Å²) in [6.07, 6.45) is 1.44. The molecule has 6 nitrogen and oxygen atoms in total. The Morgan fingerprint density at radius 3 is 2.81 bits per heavy atom. The highest BCUT2D eigenvalue weighted by Crippen LogP contribution is 2.42. The monoisotopic (exact) mass is 373 g/mol. The predicted octanol–water partition coefficient (Wildman–Crippen LogP) is 3.72. The molecule has 0 saturated carbocycles. The zero-order valence-corrected chi connectivity index (χ0v) is 15.9. The molecule has 1 fully saturated rings. The van der Waals surface area contributed by atoms with E-state index in [4.69, 9.17) is 4.74 Å². The molecule has 2 N–H and O–H groups in total. The van der Waals surface area contributed by atoms with Gasteiger partial charge in [0.1, 0.15) is 0 Å². The summed E-state index contributed by atoms with van der Waals surface area (Å²) in [5.41, 5.74) is 6.01. The first-order chi connectivity index (χ1) is 12.4. The first kappa shape index (κ1) is 18.4. The highest BCUT2D eigenvalue weighted by atomic mass is 32.1. The van der Waals surface area contributed by atoms with Crippen LogP contribution in [0, 0.1) is 11.8 Å². The molecule has 2 heterocycles. The number of rotatable bonds is 6. The van der Waals surface area contributed by atoms with Crippen molar-refractivity contribution in [3.63, 3.8) is 0 Å². The maximum absolute atomic E-state index is 12.2. The lowest BCUT2D eigenvalue weighted by Crippen LogP contribution is -2.29. The summed E-state index contributed by atoms with van der Waals surface area (Å²) in [4.78, 5) is 28.7. The quantitative estimate of drug-likeness (QED) is 0.596. The minimum absolute atomic E-state index is 0.0871. The number of ether oxygens (including phenoxy) is 1. The average Bonchev–Trinajstić information content (AvgIpc) is 3.19. The van der Waals surface area contributed by atoms with E-state index in [2.05, 4.69) is 29.7 Å². The van der Waals surface area contributed by atoms with Crippen molar-refractivity contribution in [1.82, 2.24) is 10.4 Å². The number of aromatic nitrogens is 1. The normalized spacial score (nSPS) is 22.3. The molecule has 2 aromatic rings. The summed E-state index contributed by atoms with van der Waals surface area (Å²) in [5.74, 6) is -0.0365. The van der Waals surface area contributed by atoms with E-state index in [1.807, 2.05) is 18.4 Å². The second-order valence-electron chi connectivity index (χ2n) is 7.17. The molecule has 3 rings (SSSR count). The van der Waals surface area contributed by atoms with Crippen molar-refractivity contribution in [3.8, 4) is 0 Å². The number of nitrogens with zero attached hydrogens (tertiary/aromatic N) is 1. The zero-order valence-electron chi connectivity index (χ0n) is 15.1. The summed E-state index contributed by atoms with van der Waals surface area (Å²) in [6, 6.07) is 8.93. The number of thiazole rings is 1. The Hall–Kier alpha value is -2.41. The number of carbonyl (C=O) groups excluding carboxylic acids is 2. The van der Waals surface area contributed by atoms with Crippen LogP contribution in [-0.2, 0) is 15.1 Å². The minimum atomic E-state index is -0.712. The smallest absolute Gasteiger partial charge is 0.310 e. The average molecular weight is 373 g/mol. The number of esters is 1. The van der Waals surface area contributed by atoms with Crippen LogP contribution in [0.3, 0.4) is 0 Å². The molecule has 1 aromatic heterocycles. The van der Waals surface area contributed by atoms with Crippen molar-refractivity contribution in [2.75, 3.05) is 5.43 Å². The van der Waals surface area contributed by atoms with Crippen LogP contribution in [0.4, 0.5) is 5.13 Å². The van der Waals surface area contributed by atoms with Gasteiger partial charge in [0.05, 0.1) is 11.6 Å². The van der Waals surface area contributed by atoms with Gasteiger partial charge >= 0.3 is 5.97 Å². The topological polar surface area (TPSA) is 80.3 Å². The van der Waals surface area contributed by atoms with Gasteiger partial charge in [-0.1, -0.05) is 32.0 Å². The van der Waals surface area contributed by atoms with E-state index in [1.54, 1.807) is 24.3 Å². The molecule has 26 heavy (non-hydrogen) atoms. The van der Waals surface area contributed by atoms with E-state index in [0.29, 0.717) is 28.7 Å². The van der Waals surface area contributed by atoms with E-state index >= 15 is 0 Å². The van der Waals surface area contributed by atoms with Gasteiger partial charge in [-0.25, -0.2) is 4.98 Å². The summed E-state index contributed by atoms with van der Waals surface area (Å²) in [7, 11) is 0. The lowest BCUT2D eigenvalue weighted by molar-refractivity contribution is -0.150. The Labute approximate surface area is 156 Å². The number of cyclic esters (lactones) is 1. The number of amides is 1. The van der Waals surface area contributed by atoms with Crippen LogP contribution in [0.2, 0.25) is 0 Å². The number of hydrazine groups is 1. The van der Waals surface area contributed by atoms with E-state index in [-0.39, 0.29) is 17.8 Å². The Kier molecular flexibility index (Phi) is 5.27. The number of benzene rings is 1. The Bertz CT molecular complexity index is 790. The fraction of sp³-hybridized carbons (Fsp3) is 0.421. The summed E-state index contributed by atoms with van der Waals surface area (Å²) < 4.78 is 5.65. The minimum Gasteiger partial charge on any atom is -0.453 e. The molecule has 1 aromatic carbocycles. The lowest BCUT2D eigenvalue weighted by Gasteiger charge is -2.20. The van der Waals surface area contributed by atoms with Crippen LogP contribution in [0.1, 0.15) is 49.7 Å². The molecule has 7 heteroatoms. The van der Waals surface area contributed by atoms with Gasteiger partial charge in [-0.3, -0.25) is 20.4 Å². The molecule has 0 spiro atoms. The molecule has 0 aliphatic carbocycles. The summed E-state index contributed by atoms with van der Waals surface area (Å²) >= 11 is 1.36. The second kappa shape index (κ2) is 7.45. The number of anilines is 1. The molecule has 1 aliphatic heterocycles. The van der Waals surface area contributed by atoms with Gasteiger partial charge < -0.3 is 4.74 Å². The van der Waals surface area contributed by atoms with Crippen LogP contribution in [0.25, 0.3) is 0 Å². The van der Waals surface area contributed by atoms with E-state index in [9.17, 15) is 9.59 Å². The largest absolute Gasteiger partial charge is 0.453 e. The standard InChI is InChI=1S/C19H23N3O3S/c1-12(2)9-14-10-19(3,25-17(14)24)15-11-26-18(20-15)22-21-16(23)13-7-5-4-6-8-13/h4-8,11-12,14H,9-10H2,1-3H3,(H,20,22)(H,21,23)/t14-,19+/m0/s1. The number of hydrogen-bond donors (Lipinski definition) is 2. The number of nitrogens with one attached hydrogen (secondary N) is 2. The van der Waals surface area contributed by atoms with Crippen molar-refractivity contribution in [2.45, 2.75) is 39.2 Å². The van der Waals surface area contributed by atoms with Crippen LogP contribution in [0.5, 0.6) is 0 Å². The van der Waals surface area contributed by atoms with E-state index in [1.165, 1.54) is 11.3 Å². The predicted molar refractivity (Wildman–Crippen MR) is 101 cm³/mol. The maximum atomic E-state index is 12.2. The third-order valence-electron chi connectivity index (χ3n) is 4.42. The summed E-state index contributed by atoms with van der Waals surface area (Å²) in [6.45, 7) is 6.10. The highest BCUT2D eigenvalue weighted by molar-refractivity contribution is 7.13. The summed E-state index contributed by atoms with van der Waals surface area (Å²) in [5, 5.41) is 2.41. The molecular formula is C19H23N3O3S. The second-order valence-corrected chi connectivity index (χ2v) is 8.02. The van der Waals surface area contributed by atoms with Gasteiger partial charge in [0.2, 0.25) is 5.13 Å². The molecule has 1 saturated heterocycles. The molecule has 1 aliphatic rings. The van der Waals surface area contributed by atoms with Crippen molar-refractivity contribution in [1.29, 1.82) is 0 Å². The van der Waals surface area contributed by atoms with Crippen LogP contribution < -0.4 is 10.9 Å². The first-order valence-corrected chi connectivity index (χ1v) is 9.55. The molecule has 138 valence electrons. The molecule has 0 radical (unpaired) electrons. The zero-order chi connectivity index (χ0) is 18.7. The Morgan fingerprint density at radius 1 is 1.38 bits per heavy atom. The molecule has 1 amide bonds. The van der Waals surface area contributed by atoms with E-state index in [0.717, 1.165) is 6.42 Å². The molecule has 0 unspecified atom stereocenters. The van der Waals surface area contributed by atoms with Gasteiger partial charge in [0.25, 0.3) is 5.91 Å². The third kappa shape index (κ3) is 4.04. The SMILES string of the molecule is CC(C)C[C@H]1C[C@](C)(c2csc(NNC(=O)c3ccccc3)n2)OC1=O. The van der Waals surface area contributed by atoms with Gasteiger partial charge in [-0.15, -0.1) is 11.3 Å². The molecule has 2 atom stereocenters. The van der Waals surface area contributed by atoms with Crippen molar-refractivity contribution in [2.24, 2.45) is 11.8 Å². The lowest BCUT2D eigenvalue weighted by atomic mass is 9.88. The van der Waals surface area contributed by atoms with Crippen molar-refractivity contribution in [3.05, 3.63) is 47.0 Å². The van der Waals surface area contributed by atoms with Crippen molar-refractivity contribution >= 4 is 28.3 Å².